The maximum Gasteiger partial charge on any atom is 0.261 e. The van der Waals surface area contributed by atoms with E-state index in [0.29, 0.717) is 30.3 Å². The van der Waals surface area contributed by atoms with Gasteiger partial charge in [-0.25, -0.2) is 0 Å². The van der Waals surface area contributed by atoms with Crippen LogP contribution >= 0.6 is 0 Å². The molecule has 0 saturated heterocycles. The Bertz CT molecular complexity index is 788. The van der Waals surface area contributed by atoms with Gasteiger partial charge in [-0.3, -0.25) is 9.59 Å². The molecule has 0 heterocycles. The van der Waals surface area contributed by atoms with Gasteiger partial charge in [0.25, 0.3) is 5.91 Å². The average Bonchev–Trinajstić information content (AvgIpc) is 2.75. The molecule has 0 fully saturated rings. The number of hydrogen-bond acceptors (Lipinski definition) is 5. The van der Waals surface area contributed by atoms with Crippen LogP contribution in [0.15, 0.2) is 48.5 Å². The summed E-state index contributed by atoms with van der Waals surface area (Å²) in [5.74, 6) is 1.06. The molecule has 0 aliphatic rings. The number of carbonyl (C=O) groups excluding carboxylic acids is 2. The molecule has 0 radical (unpaired) electrons. The number of hydrogen-bond donors (Lipinski definition) is 1. The zero-order valence-electron chi connectivity index (χ0n) is 17.3. The Morgan fingerprint density at radius 1 is 1.00 bits per heavy atom. The number of benzene rings is 2. The quantitative estimate of drug-likeness (QED) is 0.663. The Morgan fingerprint density at radius 2 is 1.59 bits per heavy atom. The second kappa shape index (κ2) is 10.9. The van der Waals surface area contributed by atoms with Crippen LogP contribution in [0.1, 0.15) is 19.4 Å². The molecule has 2 amide bonds. The minimum Gasteiger partial charge on any atom is -0.496 e. The Labute approximate surface area is 171 Å². The highest BCUT2D eigenvalue weighted by atomic mass is 16.5. The van der Waals surface area contributed by atoms with Crippen molar-refractivity contribution in [2.24, 2.45) is 0 Å². The highest BCUT2D eigenvalue weighted by Crippen LogP contribution is 2.27. The summed E-state index contributed by atoms with van der Waals surface area (Å²) in [6.45, 7) is 4.14. The van der Waals surface area contributed by atoms with E-state index in [0.717, 1.165) is 5.56 Å². The average molecular weight is 400 g/mol. The van der Waals surface area contributed by atoms with Gasteiger partial charge in [0.2, 0.25) is 5.91 Å². The highest BCUT2D eigenvalue weighted by molar-refractivity contribution is 5.87. The Morgan fingerprint density at radius 3 is 2.14 bits per heavy atom. The van der Waals surface area contributed by atoms with Crippen molar-refractivity contribution in [2.75, 3.05) is 27.4 Å². The van der Waals surface area contributed by atoms with Crippen molar-refractivity contribution in [2.45, 2.75) is 26.4 Å². The number of methoxy groups -OCH3 is 2. The minimum atomic E-state index is -0.633. The molecule has 2 rings (SSSR count). The van der Waals surface area contributed by atoms with Gasteiger partial charge < -0.3 is 24.4 Å². The molecule has 0 bridgehead atoms. The highest BCUT2D eigenvalue weighted by Gasteiger charge is 2.26. The molecule has 1 N–H and O–H groups in total. The summed E-state index contributed by atoms with van der Waals surface area (Å²) >= 11 is 0. The number of carbonyl (C=O) groups is 2. The Balaban J connectivity index is 2.15. The van der Waals surface area contributed by atoms with Crippen molar-refractivity contribution in [1.29, 1.82) is 0 Å². The van der Waals surface area contributed by atoms with Crippen LogP contribution in [0, 0.1) is 0 Å². The van der Waals surface area contributed by atoms with Crippen LogP contribution < -0.4 is 19.5 Å². The molecule has 0 aliphatic heterocycles. The molecular weight excluding hydrogens is 372 g/mol. The maximum absolute atomic E-state index is 12.9. The predicted octanol–water partition coefficient (Wildman–Crippen LogP) is 2.64. The first-order valence-corrected chi connectivity index (χ1v) is 9.45. The lowest BCUT2D eigenvalue weighted by Crippen LogP contribution is -2.49. The van der Waals surface area contributed by atoms with Gasteiger partial charge in [0, 0.05) is 31.3 Å². The van der Waals surface area contributed by atoms with Gasteiger partial charge in [0.05, 0.1) is 14.2 Å². The molecule has 0 spiro atoms. The van der Waals surface area contributed by atoms with E-state index in [9.17, 15) is 9.59 Å². The van der Waals surface area contributed by atoms with Crippen LogP contribution in [-0.4, -0.2) is 50.1 Å². The molecule has 29 heavy (non-hydrogen) atoms. The van der Waals surface area contributed by atoms with Crippen molar-refractivity contribution >= 4 is 11.8 Å². The van der Waals surface area contributed by atoms with Crippen molar-refractivity contribution in [1.82, 2.24) is 10.2 Å². The van der Waals surface area contributed by atoms with Gasteiger partial charge in [-0.1, -0.05) is 30.3 Å². The van der Waals surface area contributed by atoms with E-state index in [1.807, 2.05) is 37.3 Å². The van der Waals surface area contributed by atoms with E-state index in [1.165, 1.54) is 4.90 Å². The topological polar surface area (TPSA) is 77.1 Å². The number of nitrogens with zero attached hydrogens (tertiary/aromatic N) is 1. The van der Waals surface area contributed by atoms with Crippen molar-refractivity contribution in [3.05, 3.63) is 54.1 Å². The summed E-state index contributed by atoms with van der Waals surface area (Å²) in [6.07, 6.45) is 0. The third kappa shape index (κ3) is 6.41. The fourth-order valence-corrected chi connectivity index (χ4v) is 2.78. The van der Waals surface area contributed by atoms with Crippen LogP contribution in [-0.2, 0) is 16.1 Å². The molecule has 2 aromatic carbocycles. The van der Waals surface area contributed by atoms with Crippen molar-refractivity contribution in [3.8, 4) is 17.2 Å². The number of ether oxygens (including phenoxy) is 3. The van der Waals surface area contributed by atoms with E-state index < -0.39 is 6.04 Å². The molecule has 7 nitrogen and oxygen atoms in total. The summed E-state index contributed by atoms with van der Waals surface area (Å²) in [7, 11) is 3.08. The fraction of sp³-hybridized carbons (Fsp3) is 0.364. The monoisotopic (exact) mass is 400 g/mol. The van der Waals surface area contributed by atoms with E-state index in [-0.39, 0.29) is 18.4 Å². The first-order valence-electron chi connectivity index (χ1n) is 9.45. The van der Waals surface area contributed by atoms with Gasteiger partial charge in [-0.2, -0.15) is 0 Å². The van der Waals surface area contributed by atoms with Gasteiger partial charge in [-0.05, 0) is 19.4 Å². The summed E-state index contributed by atoms with van der Waals surface area (Å²) < 4.78 is 16.1. The first-order chi connectivity index (χ1) is 14.0. The standard InChI is InChI=1S/C22H28N2O5/c1-5-23-22(26)16(2)24(14-17-9-7-6-8-10-17)21(25)15-29-20-12-18(27-3)11-19(13-20)28-4/h6-13,16H,5,14-15H2,1-4H3,(H,23,26)/t16-/m0/s1. The zero-order valence-corrected chi connectivity index (χ0v) is 17.3. The predicted molar refractivity (Wildman–Crippen MR) is 110 cm³/mol. The lowest BCUT2D eigenvalue weighted by molar-refractivity contribution is -0.142. The molecule has 0 aliphatic carbocycles. The maximum atomic E-state index is 12.9. The summed E-state index contributed by atoms with van der Waals surface area (Å²) in [5.41, 5.74) is 0.931. The summed E-state index contributed by atoms with van der Waals surface area (Å²) in [4.78, 5) is 26.8. The van der Waals surface area contributed by atoms with Crippen LogP contribution in [0.2, 0.25) is 0 Å². The molecule has 0 saturated carbocycles. The largest absolute Gasteiger partial charge is 0.496 e. The van der Waals surface area contributed by atoms with E-state index in [1.54, 1.807) is 39.3 Å². The number of likely N-dealkylation sites (N-methyl/N-ethyl adjacent to an activating group) is 1. The van der Waals surface area contributed by atoms with Gasteiger partial charge >= 0.3 is 0 Å². The Hall–Kier alpha value is -3.22. The second-order valence-corrected chi connectivity index (χ2v) is 6.41. The van der Waals surface area contributed by atoms with Crippen LogP contribution in [0.5, 0.6) is 17.2 Å². The first kappa shape index (κ1) is 22.1. The molecule has 156 valence electrons. The molecule has 2 aromatic rings. The zero-order chi connectivity index (χ0) is 21.2. The lowest BCUT2D eigenvalue weighted by Gasteiger charge is -2.28. The minimum absolute atomic E-state index is 0.208. The van der Waals surface area contributed by atoms with Crippen LogP contribution in [0.3, 0.4) is 0 Å². The van der Waals surface area contributed by atoms with Gasteiger partial charge in [0.1, 0.15) is 23.3 Å². The van der Waals surface area contributed by atoms with E-state index >= 15 is 0 Å². The fourth-order valence-electron chi connectivity index (χ4n) is 2.78. The van der Waals surface area contributed by atoms with E-state index in [4.69, 9.17) is 14.2 Å². The SMILES string of the molecule is CCNC(=O)[C@H](C)N(Cc1ccccc1)C(=O)COc1cc(OC)cc(OC)c1. The van der Waals surface area contributed by atoms with Gasteiger partial charge in [-0.15, -0.1) is 0 Å². The van der Waals surface area contributed by atoms with E-state index in [2.05, 4.69) is 5.32 Å². The number of amides is 2. The number of nitrogens with one attached hydrogen (secondary N) is 1. The smallest absolute Gasteiger partial charge is 0.261 e. The van der Waals surface area contributed by atoms with Crippen molar-refractivity contribution in [3.63, 3.8) is 0 Å². The summed E-state index contributed by atoms with van der Waals surface area (Å²) in [5, 5.41) is 2.76. The van der Waals surface area contributed by atoms with Crippen LogP contribution in [0.25, 0.3) is 0 Å². The van der Waals surface area contributed by atoms with Gasteiger partial charge in [0.15, 0.2) is 6.61 Å². The number of rotatable bonds is 10. The summed E-state index contributed by atoms with van der Waals surface area (Å²) in [6, 6.07) is 14.0. The van der Waals surface area contributed by atoms with Crippen LogP contribution in [0.4, 0.5) is 0 Å². The lowest BCUT2D eigenvalue weighted by atomic mass is 10.1. The molecular formula is C22H28N2O5. The molecule has 0 unspecified atom stereocenters. The normalized spacial score (nSPS) is 11.3. The molecule has 1 atom stereocenters. The third-order valence-electron chi connectivity index (χ3n) is 4.40. The molecule has 0 aromatic heterocycles. The van der Waals surface area contributed by atoms with Crippen molar-refractivity contribution < 1.29 is 23.8 Å². The Kier molecular flexibility index (Phi) is 8.33. The molecule has 7 heteroatoms. The third-order valence-corrected chi connectivity index (χ3v) is 4.40. The second-order valence-electron chi connectivity index (χ2n) is 6.41.